The van der Waals surface area contributed by atoms with Crippen LogP contribution in [0.5, 0.6) is 0 Å². The van der Waals surface area contributed by atoms with E-state index in [0.717, 1.165) is 18.7 Å². The zero-order valence-electron chi connectivity index (χ0n) is 11.9. The quantitative estimate of drug-likeness (QED) is 0.917. The topological polar surface area (TPSA) is 58.4 Å². The Balaban J connectivity index is 1.58. The van der Waals surface area contributed by atoms with Crippen molar-refractivity contribution >= 4 is 11.6 Å². The summed E-state index contributed by atoms with van der Waals surface area (Å²) < 4.78 is 4.68. The molecule has 5 heteroatoms. The van der Waals surface area contributed by atoms with Crippen LogP contribution < -0.4 is 5.32 Å². The zero-order chi connectivity index (χ0) is 14.5. The largest absolute Gasteiger partial charge is 0.364 e. The van der Waals surface area contributed by atoms with Crippen LogP contribution in [0.2, 0.25) is 0 Å². The van der Waals surface area contributed by atoms with Crippen LogP contribution in [0.3, 0.4) is 0 Å². The molecule has 0 radical (unpaired) electrons. The molecule has 0 atom stereocenters. The van der Waals surface area contributed by atoms with Crippen LogP contribution in [-0.4, -0.2) is 35.6 Å². The summed E-state index contributed by atoms with van der Waals surface area (Å²) in [5.41, 5.74) is 2.32. The third kappa shape index (κ3) is 3.70. The van der Waals surface area contributed by atoms with Crippen LogP contribution in [0.1, 0.15) is 28.9 Å². The molecule has 0 aliphatic carbocycles. The first-order valence-electron chi connectivity index (χ1n) is 7.34. The fourth-order valence-electron chi connectivity index (χ4n) is 2.62. The van der Waals surface area contributed by atoms with Crippen molar-refractivity contribution in [3.05, 3.63) is 47.9 Å². The highest BCUT2D eigenvalue weighted by atomic mass is 16.5. The minimum absolute atomic E-state index is 0.250. The molecule has 1 saturated heterocycles. The number of nitrogens with zero attached hydrogens (tertiary/aromatic N) is 2. The second-order valence-corrected chi connectivity index (χ2v) is 5.34. The predicted molar refractivity (Wildman–Crippen MR) is 80.3 cm³/mol. The van der Waals surface area contributed by atoms with E-state index in [-0.39, 0.29) is 11.6 Å². The summed E-state index contributed by atoms with van der Waals surface area (Å²) in [5, 5.41) is 6.47. The number of benzene rings is 1. The molecular formula is C16H19N3O2. The molecule has 0 spiro atoms. The summed E-state index contributed by atoms with van der Waals surface area (Å²) in [6.45, 7) is 3.51. The highest BCUT2D eigenvalue weighted by Crippen LogP contribution is 2.14. The normalized spacial score (nSPS) is 15.2. The molecule has 1 aliphatic heterocycles. The lowest BCUT2D eigenvalue weighted by Gasteiger charge is -2.14. The standard InChI is InChI=1S/C16H19N3O2/c20-16(15-7-11-21-18-15)17-14-5-3-4-13(12-14)6-10-19-8-1-2-9-19/h3-5,7,11-12H,1-2,6,8-10H2,(H,17,20). The van der Waals surface area contributed by atoms with Crippen molar-refractivity contribution in [2.24, 2.45) is 0 Å². The van der Waals surface area contributed by atoms with E-state index in [0.29, 0.717) is 0 Å². The Labute approximate surface area is 123 Å². The van der Waals surface area contributed by atoms with Gasteiger partial charge in [0.25, 0.3) is 5.91 Å². The number of hydrogen-bond donors (Lipinski definition) is 1. The molecule has 0 saturated carbocycles. The Hall–Kier alpha value is -2.14. The first-order valence-corrected chi connectivity index (χ1v) is 7.34. The lowest BCUT2D eigenvalue weighted by molar-refractivity contribution is 0.101. The second kappa shape index (κ2) is 6.54. The molecule has 1 aromatic heterocycles. The van der Waals surface area contributed by atoms with E-state index in [4.69, 9.17) is 0 Å². The van der Waals surface area contributed by atoms with Gasteiger partial charge in [0, 0.05) is 18.3 Å². The number of hydrogen-bond acceptors (Lipinski definition) is 4. The monoisotopic (exact) mass is 285 g/mol. The van der Waals surface area contributed by atoms with Crippen molar-refractivity contribution in [3.8, 4) is 0 Å². The molecule has 110 valence electrons. The Morgan fingerprint density at radius 2 is 2.14 bits per heavy atom. The molecule has 1 aromatic carbocycles. The second-order valence-electron chi connectivity index (χ2n) is 5.34. The van der Waals surface area contributed by atoms with Gasteiger partial charge in [0.05, 0.1) is 0 Å². The summed E-state index contributed by atoms with van der Waals surface area (Å²) in [6.07, 6.45) is 5.02. The lowest BCUT2D eigenvalue weighted by Crippen LogP contribution is -2.22. The van der Waals surface area contributed by atoms with Crippen LogP contribution >= 0.6 is 0 Å². The van der Waals surface area contributed by atoms with E-state index >= 15 is 0 Å². The first-order chi connectivity index (χ1) is 10.3. The maximum Gasteiger partial charge on any atom is 0.277 e. The van der Waals surface area contributed by atoms with Gasteiger partial charge in [-0.2, -0.15) is 0 Å². The van der Waals surface area contributed by atoms with Crippen LogP contribution in [0, 0.1) is 0 Å². The van der Waals surface area contributed by atoms with Gasteiger partial charge in [-0.15, -0.1) is 0 Å². The number of nitrogens with one attached hydrogen (secondary N) is 1. The maximum absolute atomic E-state index is 11.9. The van der Waals surface area contributed by atoms with Gasteiger partial charge in [0.2, 0.25) is 0 Å². The minimum atomic E-state index is -0.250. The highest BCUT2D eigenvalue weighted by molar-refractivity contribution is 6.02. The van der Waals surface area contributed by atoms with E-state index in [1.54, 1.807) is 6.07 Å². The number of aromatic nitrogens is 1. The van der Waals surface area contributed by atoms with Gasteiger partial charge in [-0.1, -0.05) is 17.3 Å². The number of amides is 1. The molecular weight excluding hydrogens is 266 g/mol. The number of rotatable bonds is 5. The summed E-state index contributed by atoms with van der Waals surface area (Å²) in [4.78, 5) is 14.4. The molecule has 1 amide bonds. The van der Waals surface area contributed by atoms with Gasteiger partial charge in [0.1, 0.15) is 6.26 Å². The van der Waals surface area contributed by atoms with Crippen LogP contribution in [0.15, 0.2) is 41.1 Å². The molecule has 5 nitrogen and oxygen atoms in total. The molecule has 21 heavy (non-hydrogen) atoms. The van der Waals surface area contributed by atoms with E-state index in [1.165, 1.54) is 37.8 Å². The van der Waals surface area contributed by atoms with Gasteiger partial charge >= 0.3 is 0 Å². The molecule has 1 fully saturated rings. The Bertz CT molecular complexity index is 589. The lowest BCUT2D eigenvalue weighted by atomic mass is 10.1. The molecule has 3 rings (SSSR count). The average Bonchev–Trinajstić information content (AvgIpc) is 3.19. The third-order valence-corrected chi connectivity index (χ3v) is 3.77. The molecule has 1 aliphatic rings. The van der Waals surface area contributed by atoms with Crippen molar-refractivity contribution in [3.63, 3.8) is 0 Å². The Kier molecular flexibility index (Phi) is 4.31. The highest BCUT2D eigenvalue weighted by Gasteiger charge is 2.12. The van der Waals surface area contributed by atoms with Gasteiger partial charge in [-0.3, -0.25) is 4.79 Å². The molecule has 0 bridgehead atoms. The fourth-order valence-corrected chi connectivity index (χ4v) is 2.62. The van der Waals surface area contributed by atoms with Crippen molar-refractivity contribution in [2.45, 2.75) is 19.3 Å². The van der Waals surface area contributed by atoms with Crippen molar-refractivity contribution in [1.29, 1.82) is 0 Å². The van der Waals surface area contributed by atoms with E-state index < -0.39 is 0 Å². The van der Waals surface area contributed by atoms with Crippen LogP contribution in [-0.2, 0) is 6.42 Å². The fraction of sp³-hybridized carbons (Fsp3) is 0.375. The first kappa shape index (κ1) is 13.8. The van der Waals surface area contributed by atoms with Crippen molar-refractivity contribution in [2.75, 3.05) is 25.0 Å². The number of carbonyl (C=O) groups excluding carboxylic acids is 1. The third-order valence-electron chi connectivity index (χ3n) is 3.77. The van der Waals surface area contributed by atoms with Crippen LogP contribution in [0.25, 0.3) is 0 Å². The molecule has 2 aromatic rings. The minimum Gasteiger partial charge on any atom is -0.364 e. The van der Waals surface area contributed by atoms with E-state index in [2.05, 4.69) is 26.0 Å². The van der Waals surface area contributed by atoms with Gasteiger partial charge in [-0.05, 0) is 50.0 Å². The summed E-state index contributed by atoms with van der Waals surface area (Å²) >= 11 is 0. The SMILES string of the molecule is O=C(Nc1cccc(CCN2CCCC2)c1)c1ccon1. The Morgan fingerprint density at radius 1 is 1.29 bits per heavy atom. The molecule has 2 heterocycles. The number of anilines is 1. The summed E-state index contributed by atoms with van der Waals surface area (Å²) in [7, 11) is 0. The van der Waals surface area contributed by atoms with E-state index in [1.807, 2.05) is 18.2 Å². The van der Waals surface area contributed by atoms with Crippen molar-refractivity contribution < 1.29 is 9.32 Å². The predicted octanol–water partition coefficient (Wildman–Crippen LogP) is 2.57. The van der Waals surface area contributed by atoms with Crippen LogP contribution in [0.4, 0.5) is 5.69 Å². The zero-order valence-corrected chi connectivity index (χ0v) is 11.9. The van der Waals surface area contributed by atoms with Crippen molar-refractivity contribution in [1.82, 2.24) is 10.1 Å². The molecule has 0 unspecified atom stereocenters. The molecule has 1 N–H and O–H groups in total. The summed E-state index contributed by atoms with van der Waals surface area (Å²) in [6, 6.07) is 9.53. The smallest absolute Gasteiger partial charge is 0.277 e. The number of carbonyl (C=O) groups is 1. The Morgan fingerprint density at radius 3 is 2.90 bits per heavy atom. The number of likely N-dealkylation sites (tertiary alicyclic amines) is 1. The summed E-state index contributed by atoms with van der Waals surface area (Å²) in [5.74, 6) is -0.250. The van der Waals surface area contributed by atoms with Gasteiger partial charge < -0.3 is 14.7 Å². The average molecular weight is 285 g/mol. The van der Waals surface area contributed by atoms with Gasteiger partial charge in [0.15, 0.2) is 5.69 Å². The van der Waals surface area contributed by atoms with E-state index in [9.17, 15) is 4.79 Å². The van der Waals surface area contributed by atoms with Gasteiger partial charge in [-0.25, -0.2) is 0 Å². The maximum atomic E-state index is 11.9.